The molecule has 4 aromatic rings. The zero-order chi connectivity index (χ0) is 19.5. The predicted molar refractivity (Wildman–Crippen MR) is 116 cm³/mol. The number of amides is 1. The van der Waals surface area contributed by atoms with Gasteiger partial charge in [0, 0.05) is 16.5 Å². The number of pyridine rings is 1. The van der Waals surface area contributed by atoms with Gasteiger partial charge in [-0.3, -0.25) is 4.79 Å². The van der Waals surface area contributed by atoms with Crippen molar-refractivity contribution in [3.8, 4) is 11.3 Å². The maximum atomic E-state index is 12.8. The highest BCUT2D eigenvalue weighted by Crippen LogP contribution is 2.26. The molecule has 28 heavy (non-hydrogen) atoms. The lowest BCUT2D eigenvalue weighted by Crippen LogP contribution is -2.18. The lowest BCUT2D eigenvalue weighted by molar-refractivity contribution is 0.0957. The molecule has 4 rings (SSSR count). The minimum absolute atomic E-state index is 0.254. The molecule has 0 radical (unpaired) electrons. The third-order valence-corrected chi connectivity index (χ3v) is 5.39. The Kier molecular flexibility index (Phi) is 5.00. The summed E-state index contributed by atoms with van der Waals surface area (Å²) in [4.78, 5) is 17.6. The van der Waals surface area contributed by atoms with Crippen molar-refractivity contribution in [1.29, 1.82) is 0 Å². The van der Waals surface area contributed by atoms with Crippen LogP contribution in [0.4, 0.5) is 0 Å². The van der Waals surface area contributed by atoms with E-state index in [0.717, 1.165) is 27.7 Å². The van der Waals surface area contributed by atoms with Crippen molar-refractivity contribution in [3.05, 3.63) is 87.6 Å². The highest BCUT2D eigenvalue weighted by Gasteiger charge is 2.14. The van der Waals surface area contributed by atoms with Crippen LogP contribution in [-0.2, 0) is 0 Å². The lowest BCUT2D eigenvalue weighted by atomic mass is 10.0. The zero-order valence-electron chi connectivity index (χ0n) is 15.6. The second kappa shape index (κ2) is 7.74. The second-order valence-corrected chi connectivity index (χ2v) is 7.41. The standard InChI is InChI=1S/C23H19N3OS/c1-15-7-8-18(11-16(15)2)22-12-20(19-5-3-4-6-21(19)25-22)23(27)26-24-13-17-9-10-28-14-17/h3-14H,1-2H3,(H,26,27)/b24-13+. The van der Waals surface area contributed by atoms with Crippen LogP contribution in [0.5, 0.6) is 0 Å². The molecule has 0 aliphatic heterocycles. The summed E-state index contributed by atoms with van der Waals surface area (Å²) in [6.45, 7) is 4.16. The van der Waals surface area contributed by atoms with Gasteiger partial charge in [0.05, 0.1) is 23.0 Å². The maximum absolute atomic E-state index is 12.8. The number of nitrogens with one attached hydrogen (secondary N) is 1. The molecule has 4 nitrogen and oxygen atoms in total. The van der Waals surface area contributed by atoms with E-state index in [1.165, 1.54) is 11.1 Å². The number of hydrazone groups is 1. The van der Waals surface area contributed by atoms with Crippen LogP contribution < -0.4 is 5.43 Å². The Morgan fingerprint density at radius 2 is 1.93 bits per heavy atom. The number of fused-ring (bicyclic) bond motifs is 1. The van der Waals surface area contributed by atoms with Gasteiger partial charge < -0.3 is 0 Å². The highest BCUT2D eigenvalue weighted by molar-refractivity contribution is 7.08. The first-order valence-corrected chi connectivity index (χ1v) is 9.89. The van der Waals surface area contributed by atoms with E-state index in [-0.39, 0.29) is 5.91 Å². The largest absolute Gasteiger partial charge is 0.272 e. The van der Waals surface area contributed by atoms with Crippen molar-refractivity contribution >= 4 is 34.4 Å². The summed E-state index contributed by atoms with van der Waals surface area (Å²) in [6.07, 6.45) is 1.64. The lowest BCUT2D eigenvalue weighted by Gasteiger charge is -2.10. The van der Waals surface area contributed by atoms with Gasteiger partial charge in [-0.2, -0.15) is 16.4 Å². The first kappa shape index (κ1) is 18.1. The summed E-state index contributed by atoms with van der Waals surface area (Å²) in [7, 11) is 0. The SMILES string of the molecule is Cc1ccc(-c2cc(C(=O)N/N=C/c3ccsc3)c3ccccc3n2)cc1C. The van der Waals surface area contributed by atoms with Gasteiger partial charge >= 0.3 is 0 Å². The summed E-state index contributed by atoms with van der Waals surface area (Å²) >= 11 is 1.59. The first-order valence-electron chi connectivity index (χ1n) is 8.95. The van der Waals surface area contributed by atoms with Crippen molar-refractivity contribution < 1.29 is 4.79 Å². The quantitative estimate of drug-likeness (QED) is 0.381. The summed E-state index contributed by atoms with van der Waals surface area (Å²) in [5, 5.41) is 8.83. The molecule has 2 heterocycles. The number of carbonyl (C=O) groups is 1. The molecule has 5 heteroatoms. The third-order valence-electron chi connectivity index (χ3n) is 4.69. The van der Waals surface area contributed by atoms with E-state index in [4.69, 9.17) is 4.98 Å². The maximum Gasteiger partial charge on any atom is 0.272 e. The molecular formula is C23H19N3OS. The Bertz CT molecular complexity index is 1180. The van der Waals surface area contributed by atoms with E-state index < -0.39 is 0 Å². The number of carbonyl (C=O) groups excluding carboxylic acids is 1. The molecule has 138 valence electrons. The third kappa shape index (κ3) is 3.70. The molecule has 0 spiro atoms. The number of hydrogen-bond acceptors (Lipinski definition) is 4. The number of para-hydroxylation sites is 1. The van der Waals surface area contributed by atoms with Crippen LogP contribution >= 0.6 is 11.3 Å². The van der Waals surface area contributed by atoms with E-state index in [1.807, 2.05) is 53.2 Å². The monoisotopic (exact) mass is 385 g/mol. The van der Waals surface area contributed by atoms with Crippen LogP contribution in [0.15, 0.2) is 70.5 Å². The molecule has 2 aromatic carbocycles. The summed E-state index contributed by atoms with van der Waals surface area (Å²) < 4.78 is 0. The number of rotatable bonds is 4. The number of nitrogens with zero attached hydrogens (tertiary/aromatic N) is 2. The van der Waals surface area contributed by atoms with Crippen LogP contribution in [0.3, 0.4) is 0 Å². The Labute approximate surface area is 167 Å². The second-order valence-electron chi connectivity index (χ2n) is 6.63. The first-order chi connectivity index (χ1) is 13.6. The van der Waals surface area contributed by atoms with Gasteiger partial charge in [0.25, 0.3) is 5.91 Å². The Balaban J connectivity index is 1.73. The topological polar surface area (TPSA) is 54.4 Å². The molecule has 0 saturated carbocycles. The highest BCUT2D eigenvalue weighted by atomic mass is 32.1. The Morgan fingerprint density at radius 1 is 1.07 bits per heavy atom. The smallest absolute Gasteiger partial charge is 0.267 e. The van der Waals surface area contributed by atoms with Gasteiger partial charge in [-0.05, 0) is 60.0 Å². The van der Waals surface area contributed by atoms with Crippen LogP contribution in [-0.4, -0.2) is 17.1 Å². The number of thiophene rings is 1. The van der Waals surface area contributed by atoms with Crippen molar-refractivity contribution in [3.63, 3.8) is 0 Å². The van der Waals surface area contributed by atoms with Crippen molar-refractivity contribution in [2.24, 2.45) is 5.10 Å². The molecule has 0 saturated heterocycles. The minimum Gasteiger partial charge on any atom is -0.267 e. The molecule has 0 bridgehead atoms. The van der Waals surface area contributed by atoms with Crippen molar-refractivity contribution in [1.82, 2.24) is 10.4 Å². The van der Waals surface area contributed by atoms with Gasteiger partial charge in [-0.15, -0.1) is 0 Å². The van der Waals surface area contributed by atoms with Crippen molar-refractivity contribution in [2.45, 2.75) is 13.8 Å². The van der Waals surface area contributed by atoms with Gasteiger partial charge in [0.1, 0.15) is 0 Å². The molecule has 0 aliphatic rings. The zero-order valence-corrected chi connectivity index (χ0v) is 16.5. The van der Waals surface area contributed by atoms with E-state index in [0.29, 0.717) is 5.56 Å². The normalized spacial score (nSPS) is 11.2. The van der Waals surface area contributed by atoms with E-state index in [9.17, 15) is 4.79 Å². The number of aryl methyl sites for hydroxylation is 2. The molecule has 1 amide bonds. The summed E-state index contributed by atoms with van der Waals surface area (Å²) in [6, 6.07) is 17.7. The molecule has 1 N–H and O–H groups in total. The number of hydrogen-bond donors (Lipinski definition) is 1. The Morgan fingerprint density at radius 3 is 2.71 bits per heavy atom. The van der Waals surface area contributed by atoms with E-state index >= 15 is 0 Å². The van der Waals surface area contributed by atoms with Crippen molar-refractivity contribution in [2.75, 3.05) is 0 Å². The fraction of sp³-hybridized carbons (Fsp3) is 0.0870. The molecule has 0 atom stereocenters. The number of aromatic nitrogens is 1. The van der Waals surface area contributed by atoms with Gasteiger partial charge in [-0.25, -0.2) is 10.4 Å². The van der Waals surface area contributed by atoms with E-state index in [1.54, 1.807) is 17.6 Å². The molecule has 2 aromatic heterocycles. The van der Waals surface area contributed by atoms with Gasteiger partial charge in [-0.1, -0.05) is 30.3 Å². The number of benzene rings is 2. The average Bonchev–Trinajstić information content (AvgIpc) is 3.22. The molecule has 0 unspecified atom stereocenters. The minimum atomic E-state index is -0.254. The van der Waals surface area contributed by atoms with Crippen LogP contribution in [0.25, 0.3) is 22.2 Å². The average molecular weight is 385 g/mol. The summed E-state index contributed by atoms with van der Waals surface area (Å²) in [5.41, 5.74) is 9.12. The predicted octanol–water partition coefficient (Wildman–Crippen LogP) is 5.34. The van der Waals surface area contributed by atoms with E-state index in [2.05, 4.69) is 36.5 Å². The fourth-order valence-corrected chi connectivity index (χ4v) is 3.60. The van der Waals surface area contributed by atoms with Crippen LogP contribution in [0, 0.1) is 13.8 Å². The Hall–Kier alpha value is -3.31. The van der Waals surface area contributed by atoms with Gasteiger partial charge in [0.2, 0.25) is 0 Å². The summed E-state index contributed by atoms with van der Waals surface area (Å²) in [5.74, 6) is -0.254. The molecule has 0 fully saturated rings. The van der Waals surface area contributed by atoms with Crippen LogP contribution in [0.2, 0.25) is 0 Å². The molecule has 0 aliphatic carbocycles. The van der Waals surface area contributed by atoms with Gasteiger partial charge in [0.15, 0.2) is 0 Å². The fourth-order valence-electron chi connectivity index (χ4n) is 2.99. The van der Waals surface area contributed by atoms with Crippen LogP contribution in [0.1, 0.15) is 27.0 Å². The molecular weight excluding hydrogens is 366 g/mol.